The molecule has 0 bridgehead atoms. The molecule has 3 heterocycles. The first kappa shape index (κ1) is 20.9. The minimum Gasteiger partial charge on any atom is -0.352 e. The molecule has 32 heavy (non-hydrogen) atoms. The Bertz CT molecular complexity index is 1180. The van der Waals surface area contributed by atoms with Gasteiger partial charge in [-0.2, -0.15) is 0 Å². The molecule has 0 aliphatic carbocycles. The number of benzene rings is 2. The van der Waals surface area contributed by atoms with E-state index in [1.54, 1.807) is 36.4 Å². The molecule has 2 aromatic rings. The predicted octanol–water partition coefficient (Wildman–Crippen LogP) is 4.35. The maximum atomic E-state index is 13.9. The van der Waals surface area contributed by atoms with E-state index in [0.717, 1.165) is 0 Å². The molecule has 2 amide bonds. The Kier molecular flexibility index (Phi) is 4.93. The molecule has 5 atom stereocenters. The van der Waals surface area contributed by atoms with E-state index >= 15 is 0 Å². The number of rotatable bonds is 4. The van der Waals surface area contributed by atoms with Crippen molar-refractivity contribution in [1.82, 2.24) is 4.90 Å². The number of carbonyl (C=O) groups is 3. The Morgan fingerprint density at radius 1 is 1.12 bits per heavy atom. The molecule has 0 saturated carbocycles. The van der Waals surface area contributed by atoms with Gasteiger partial charge in [0, 0.05) is 22.9 Å². The van der Waals surface area contributed by atoms with Gasteiger partial charge in [-0.3, -0.25) is 19.3 Å². The average Bonchev–Trinajstić information content (AvgIpc) is 3.26. The van der Waals surface area contributed by atoms with Gasteiger partial charge in [-0.1, -0.05) is 42.8 Å². The molecule has 2 aromatic carbocycles. The van der Waals surface area contributed by atoms with Gasteiger partial charge >= 0.3 is 0 Å². The van der Waals surface area contributed by atoms with E-state index in [0.29, 0.717) is 28.3 Å². The van der Waals surface area contributed by atoms with Gasteiger partial charge in [-0.15, -0.1) is 0 Å². The lowest BCUT2D eigenvalue weighted by atomic mass is 9.86. The Labute approximate surface area is 190 Å². The van der Waals surface area contributed by atoms with E-state index in [4.69, 9.17) is 11.6 Å². The van der Waals surface area contributed by atoms with Crippen molar-refractivity contribution in [1.29, 1.82) is 0 Å². The van der Waals surface area contributed by atoms with Gasteiger partial charge < -0.3 is 4.90 Å². The number of hydrogen-bond donors (Lipinski definition) is 0. The largest absolute Gasteiger partial charge is 0.352 e. The van der Waals surface area contributed by atoms with Gasteiger partial charge in [-0.05, 0) is 43.7 Å². The SMILES string of the molecule is CC[C@H](C)N1C(=O)[C@@H]2[C@H](C1=O)[C@H]1C=Cc3cc(F)ccc3N1[C@H]2C(=O)c1ccccc1Cl. The lowest BCUT2D eigenvalue weighted by molar-refractivity contribution is -0.142. The maximum absolute atomic E-state index is 13.9. The van der Waals surface area contributed by atoms with Gasteiger partial charge in [-0.25, -0.2) is 4.39 Å². The number of nitrogens with zero attached hydrogens (tertiary/aromatic N) is 2. The van der Waals surface area contributed by atoms with Crippen LogP contribution in [0.25, 0.3) is 6.08 Å². The molecule has 0 unspecified atom stereocenters. The first-order chi connectivity index (χ1) is 15.3. The van der Waals surface area contributed by atoms with Crippen LogP contribution in [0.2, 0.25) is 5.02 Å². The van der Waals surface area contributed by atoms with Crippen molar-refractivity contribution in [3.05, 3.63) is 70.5 Å². The zero-order chi connectivity index (χ0) is 22.7. The fourth-order valence-corrected chi connectivity index (χ4v) is 5.53. The highest BCUT2D eigenvalue weighted by Crippen LogP contribution is 2.49. The van der Waals surface area contributed by atoms with Crippen molar-refractivity contribution in [3.63, 3.8) is 0 Å². The van der Waals surface area contributed by atoms with Gasteiger partial charge in [0.2, 0.25) is 11.8 Å². The van der Waals surface area contributed by atoms with Crippen LogP contribution in [0.5, 0.6) is 0 Å². The summed E-state index contributed by atoms with van der Waals surface area (Å²) in [6.07, 6.45) is 4.21. The summed E-state index contributed by atoms with van der Waals surface area (Å²) in [4.78, 5) is 44.0. The summed E-state index contributed by atoms with van der Waals surface area (Å²) in [6.45, 7) is 3.76. The number of amides is 2. The van der Waals surface area contributed by atoms with E-state index < -0.39 is 29.7 Å². The van der Waals surface area contributed by atoms with Crippen LogP contribution in [-0.4, -0.2) is 40.6 Å². The van der Waals surface area contributed by atoms with E-state index in [9.17, 15) is 18.8 Å². The van der Waals surface area contributed by atoms with Crippen molar-refractivity contribution in [2.75, 3.05) is 4.90 Å². The lowest BCUT2D eigenvalue weighted by Gasteiger charge is -2.37. The predicted molar refractivity (Wildman–Crippen MR) is 120 cm³/mol. The van der Waals surface area contributed by atoms with Crippen LogP contribution in [0, 0.1) is 17.7 Å². The van der Waals surface area contributed by atoms with Gasteiger partial charge in [0.15, 0.2) is 5.78 Å². The monoisotopic (exact) mass is 452 g/mol. The summed E-state index contributed by atoms with van der Waals surface area (Å²) in [5.74, 6) is -2.80. The second-order valence-electron chi connectivity index (χ2n) is 8.60. The highest BCUT2D eigenvalue weighted by atomic mass is 35.5. The number of Topliss-reactive ketones (excluding diaryl/α,β-unsaturated/α-hetero) is 1. The average molecular weight is 453 g/mol. The first-order valence-electron chi connectivity index (χ1n) is 10.8. The van der Waals surface area contributed by atoms with Crippen LogP contribution in [0.4, 0.5) is 10.1 Å². The summed E-state index contributed by atoms with van der Waals surface area (Å²) < 4.78 is 13.9. The molecule has 0 N–H and O–H groups in total. The van der Waals surface area contributed by atoms with E-state index in [2.05, 4.69) is 0 Å². The Balaban J connectivity index is 1.68. The molecular formula is C25H22ClFN2O3. The zero-order valence-corrected chi connectivity index (χ0v) is 18.4. The molecule has 2 fully saturated rings. The summed E-state index contributed by atoms with van der Waals surface area (Å²) in [6, 6.07) is 9.40. The topological polar surface area (TPSA) is 57.7 Å². The van der Waals surface area contributed by atoms with Crippen molar-refractivity contribution in [2.45, 2.75) is 38.4 Å². The van der Waals surface area contributed by atoms with Crippen LogP contribution < -0.4 is 4.90 Å². The molecule has 164 valence electrons. The molecule has 7 heteroatoms. The standard InChI is InChI=1S/C25H22ClFN2O3/c1-3-13(2)28-24(31)20-19-10-8-14-12-15(27)9-11-18(14)29(19)22(21(20)25(28)32)23(30)16-6-4-5-7-17(16)26/h4-13,19-22H,3H2,1-2H3/t13-,19+,20+,21+,22+/m0/s1. The van der Waals surface area contributed by atoms with Crippen LogP contribution in [0.1, 0.15) is 36.2 Å². The van der Waals surface area contributed by atoms with Crippen molar-refractivity contribution >= 4 is 41.0 Å². The number of ketones is 1. The first-order valence-corrected chi connectivity index (χ1v) is 11.1. The molecule has 3 aliphatic rings. The third-order valence-electron chi connectivity index (χ3n) is 6.94. The number of likely N-dealkylation sites (tertiary alicyclic amines) is 1. The summed E-state index contributed by atoms with van der Waals surface area (Å²) in [5, 5.41) is 0.292. The Hall–Kier alpha value is -2.99. The van der Waals surface area contributed by atoms with Crippen LogP contribution >= 0.6 is 11.6 Å². The molecule has 0 radical (unpaired) electrons. The molecule has 0 spiro atoms. The van der Waals surface area contributed by atoms with Crippen molar-refractivity contribution in [3.8, 4) is 0 Å². The minimum atomic E-state index is -0.912. The normalized spacial score (nSPS) is 26.8. The van der Waals surface area contributed by atoms with E-state index in [1.807, 2.05) is 24.8 Å². The highest BCUT2D eigenvalue weighted by molar-refractivity contribution is 6.34. The van der Waals surface area contributed by atoms with Gasteiger partial charge in [0.1, 0.15) is 11.9 Å². The number of fused-ring (bicyclic) bond motifs is 5. The van der Waals surface area contributed by atoms with Gasteiger partial charge in [0.05, 0.1) is 22.9 Å². The summed E-state index contributed by atoms with van der Waals surface area (Å²) >= 11 is 6.34. The number of carbonyl (C=O) groups excluding carboxylic acids is 3. The molecule has 0 aromatic heterocycles. The molecule has 5 nitrogen and oxygen atoms in total. The smallest absolute Gasteiger partial charge is 0.236 e. The van der Waals surface area contributed by atoms with E-state index in [-0.39, 0.29) is 23.6 Å². The van der Waals surface area contributed by atoms with Gasteiger partial charge in [0.25, 0.3) is 0 Å². The second-order valence-corrected chi connectivity index (χ2v) is 9.01. The summed E-state index contributed by atoms with van der Waals surface area (Å²) in [5.41, 5.74) is 1.55. The molecule has 5 rings (SSSR count). The number of hydrogen-bond acceptors (Lipinski definition) is 4. The molecular weight excluding hydrogens is 431 g/mol. The highest BCUT2D eigenvalue weighted by Gasteiger charge is 2.64. The second kappa shape index (κ2) is 7.55. The quantitative estimate of drug-likeness (QED) is 0.511. The van der Waals surface area contributed by atoms with Crippen molar-refractivity contribution < 1.29 is 18.8 Å². The fraction of sp³-hybridized carbons (Fsp3) is 0.320. The molecule has 2 saturated heterocycles. The number of imide groups is 1. The van der Waals surface area contributed by atoms with E-state index in [1.165, 1.54) is 17.0 Å². The molecule has 3 aliphatic heterocycles. The Morgan fingerprint density at radius 3 is 2.56 bits per heavy atom. The minimum absolute atomic E-state index is 0.251. The maximum Gasteiger partial charge on any atom is 0.236 e. The van der Waals surface area contributed by atoms with Crippen LogP contribution in [0.3, 0.4) is 0 Å². The number of halogens is 2. The lowest BCUT2D eigenvalue weighted by Crippen LogP contribution is -2.50. The van der Waals surface area contributed by atoms with Crippen LogP contribution in [-0.2, 0) is 9.59 Å². The fourth-order valence-electron chi connectivity index (χ4n) is 5.30. The third-order valence-corrected chi connectivity index (χ3v) is 7.27. The zero-order valence-electron chi connectivity index (χ0n) is 17.7. The van der Waals surface area contributed by atoms with Crippen LogP contribution in [0.15, 0.2) is 48.5 Å². The van der Waals surface area contributed by atoms with Crippen molar-refractivity contribution in [2.24, 2.45) is 11.8 Å². The Morgan fingerprint density at radius 2 is 1.84 bits per heavy atom. The summed E-state index contributed by atoms with van der Waals surface area (Å²) in [7, 11) is 0. The number of anilines is 1. The third kappa shape index (κ3) is 2.85.